The maximum atomic E-state index is 12.9. The molecule has 31 heavy (non-hydrogen) atoms. The van der Waals surface area contributed by atoms with Gasteiger partial charge in [-0.1, -0.05) is 12.1 Å². The lowest BCUT2D eigenvalue weighted by Crippen LogP contribution is -2.48. The van der Waals surface area contributed by atoms with Crippen LogP contribution in [0, 0.1) is 0 Å². The Labute approximate surface area is 178 Å². The third kappa shape index (κ3) is 8.33. The van der Waals surface area contributed by atoms with Gasteiger partial charge in [0.05, 0.1) is 13.2 Å². The van der Waals surface area contributed by atoms with Crippen molar-refractivity contribution in [2.75, 3.05) is 45.7 Å². The lowest BCUT2D eigenvalue weighted by molar-refractivity contribution is -0.168. The highest BCUT2D eigenvalue weighted by molar-refractivity contribution is 5.89. The van der Waals surface area contributed by atoms with Crippen molar-refractivity contribution < 1.29 is 31.9 Å². The largest absolute Gasteiger partial charge is 0.370 e. The summed E-state index contributed by atoms with van der Waals surface area (Å²) in [6, 6.07) is 5.87. The number of benzene rings is 1. The number of rotatable bonds is 9. The normalized spacial score (nSPS) is 15.7. The number of anilines is 1. The van der Waals surface area contributed by atoms with Crippen molar-refractivity contribution in [1.82, 2.24) is 15.1 Å². The van der Waals surface area contributed by atoms with Crippen molar-refractivity contribution in [3.63, 3.8) is 0 Å². The van der Waals surface area contributed by atoms with Crippen LogP contribution < -0.4 is 10.6 Å². The second-order valence-corrected chi connectivity index (χ2v) is 7.69. The highest BCUT2D eigenvalue weighted by atomic mass is 19.3. The van der Waals surface area contributed by atoms with Gasteiger partial charge >= 0.3 is 18.4 Å². The number of amides is 3. The lowest BCUT2D eigenvalue weighted by atomic mass is 10.1. The van der Waals surface area contributed by atoms with Crippen LogP contribution in [0.15, 0.2) is 24.3 Å². The van der Waals surface area contributed by atoms with Gasteiger partial charge in [-0.2, -0.15) is 8.78 Å². The van der Waals surface area contributed by atoms with Gasteiger partial charge in [0, 0.05) is 38.9 Å². The van der Waals surface area contributed by atoms with Crippen molar-refractivity contribution in [3.8, 4) is 0 Å². The van der Waals surface area contributed by atoms with Crippen molar-refractivity contribution in [3.05, 3.63) is 29.8 Å². The molecule has 1 aliphatic rings. The number of carbonyl (C=O) groups excluding carboxylic acids is 2. The van der Waals surface area contributed by atoms with E-state index in [0.29, 0.717) is 43.7 Å². The number of piperidine rings is 1. The first kappa shape index (κ1) is 24.9. The van der Waals surface area contributed by atoms with Gasteiger partial charge in [-0.05, 0) is 30.5 Å². The molecule has 11 heteroatoms. The van der Waals surface area contributed by atoms with Gasteiger partial charge in [-0.3, -0.25) is 9.69 Å². The number of urea groups is 1. The first-order valence-electron chi connectivity index (χ1n) is 9.89. The Morgan fingerprint density at radius 3 is 2.55 bits per heavy atom. The zero-order valence-corrected chi connectivity index (χ0v) is 17.5. The number of ether oxygens (including phenoxy) is 1. The average Bonchev–Trinajstić information content (AvgIpc) is 2.69. The molecule has 1 aromatic rings. The van der Waals surface area contributed by atoms with E-state index >= 15 is 0 Å². The molecule has 1 saturated heterocycles. The van der Waals surface area contributed by atoms with E-state index in [-0.39, 0.29) is 18.6 Å². The standard InChI is InChI=1S/C20H28F4N4O3/c1-27(2)17(29)11-28-8-6-15(7-9-28)25-19(30)26-16-5-3-4-14(10-16)12-31-13-20(23,24)18(21)22/h3-5,10,15,18H,6-9,11-13H2,1-2H3,(H2,25,26,30). The molecule has 0 saturated carbocycles. The van der Waals surface area contributed by atoms with Crippen molar-refractivity contribution >= 4 is 17.6 Å². The molecule has 0 radical (unpaired) electrons. The Balaban J connectivity index is 1.75. The molecular weight excluding hydrogens is 420 g/mol. The Hall–Kier alpha value is -2.40. The maximum Gasteiger partial charge on any atom is 0.330 e. The predicted octanol–water partition coefficient (Wildman–Crippen LogP) is 2.78. The molecule has 0 unspecified atom stereocenters. The summed E-state index contributed by atoms with van der Waals surface area (Å²) >= 11 is 0. The van der Waals surface area contributed by atoms with Crippen molar-refractivity contribution in [2.24, 2.45) is 0 Å². The van der Waals surface area contributed by atoms with Gasteiger partial charge in [-0.25, -0.2) is 13.6 Å². The molecule has 0 bridgehead atoms. The third-order valence-electron chi connectivity index (χ3n) is 4.85. The summed E-state index contributed by atoms with van der Waals surface area (Å²) in [5.74, 6) is -4.17. The van der Waals surface area contributed by atoms with E-state index in [9.17, 15) is 27.2 Å². The molecule has 1 aliphatic heterocycles. The summed E-state index contributed by atoms with van der Waals surface area (Å²) in [4.78, 5) is 27.6. The fourth-order valence-corrected chi connectivity index (χ4v) is 3.03. The minimum absolute atomic E-state index is 0.0333. The van der Waals surface area contributed by atoms with E-state index in [1.807, 2.05) is 4.90 Å². The summed E-state index contributed by atoms with van der Waals surface area (Å²) in [5, 5.41) is 5.54. The van der Waals surface area contributed by atoms with Crippen LogP contribution in [0.1, 0.15) is 18.4 Å². The molecule has 2 N–H and O–H groups in total. The highest BCUT2D eigenvalue weighted by Crippen LogP contribution is 2.23. The number of carbonyl (C=O) groups is 2. The minimum Gasteiger partial charge on any atom is -0.370 e. The highest BCUT2D eigenvalue weighted by Gasteiger charge is 2.40. The smallest absolute Gasteiger partial charge is 0.330 e. The molecule has 1 heterocycles. The fraction of sp³-hybridized carbons (Fsp3) is 0.600. The molecule has 0 spiro atoms. The summed E-state index contributed by atoms with van der Waals surface area (Å²) in [6.45, 7) is 0.0659. The van der Waals surface area contributed by atoms with Gasteiger partial charge in [-0.15, -0.1) is 0 Å². The minimum atomic E-state index is -4.20. The summed E-state index contributed by atoms with van der Waals surface area (Å²) in [6.07, 6.45) is -2.37. The van der Waals surface area contributed by atoms with Gasteiger partial charge in [0.25, 0.3) is 0 Å². The number of likely N-dealkylation sites (tertiary alicyclic amines) is 1. The van der Waals surface area contributed by atoms with Crippen LogP contribution >= 0.6 is 0 Å². The molecule has 2 rings (SSSR count). The Bertz CT molecular complexity index is 741. The van der Waals surface area contributed by atoms with E-state index in [2.05, 4.69) is 15.4 Å². The Morgan fingerprint density at radius 1 is 1.26 bits per heavy atom. The van der Waals surface area contributed by atoms with Crippen molar-refractivity contribution in [2.45, 2.75) is 37.8 Å². The monoisotopic (exact) mass is 448 g/mol. The Kier molecular flexibility index (Phi) is 9.05. The molecule has 1 fully saturated rings. The van der Waals surface area contributed by atoms with E-state index < -0.39 is 25.0 Å². The first-order valence-corrected chi connectivity index (χ1v) is 9.89. The zero-order valence-electron chi connectivity index (χ0n) is 17.5. The summed E-state index contributed by atoms with van der Waals surface area (Å²) in [7, 11) is 3.42. The topological polar surface area (TPSA) is 73.9 Å². The van der Waals surface area contributed by atoms with Crippen LogP contribution in [-0.4, -0.2) is 80.5 Å². The van der Waals surface area contributed by atoms with Crippen LogP contribution in [0.2, 0.25) is 0 Å². The van der Waals surface area contributed by atoms with Gasteiger partial charge in [0.15, 0.2) is 0 Å². The van der Waals surface area contributed by atoms with Crippen LogP contribution in [0.5, 0.6) is 0 Å². The summed E-state index contributed by atoms with van der Waals surface area (Å²) < 4.78 is 54.7. The lowest BCUT2D eigenvalue weighted by Gasteiger charge is -2.32. The zero-order chi connectivity index (χ0) is 23.0. The van der Waals surface area contributed by atoms with E-state index in [0.717, 1.165) is 0 Å². The average molecular weight is 448 g/mol. The van der Waals surface area contributed by atoms with E-state index in [1.165, 1.54) is 6.07 Å². The quantitative estimate of drug-likeness (QED) is 0.570. The summed E-state index contributed by atoms with van der Waals surface area (Å²) in [5.41, 5.74) is 0.884. The fourth-order valence-electron chi connectivity index (χ4n) is 3.03. The second kappa shape index (κ2) is 11.3. The van der Waals surface area contributed by atoms with Crippen LogP contribution in [0.3, 0.4) is 0 Å². The third-order valence-corrected chi connectivity index (χ3v) is 4.85. The molecular formula is C20H28F4N4O3. The van der Waals surface area contributed by atoms with Crippen LogP contribution in [-0.2, 0) is 16.1 Å². The second-order valence-electron chi connectivity index (χ2n) is 7.69. The van der Waals surface area contributed by atoms with Gasteiger partial charge < -0.3 is 20.3 Å². The maximum absolute atomic E-state index is 12.9. The van der Waals surface area contributed by atoms with E-state index in [1.54, 1.807) is 37.2 Å². The number of halogens is 4. The number of nitrogens with one attached hydrogen (secondary N) is 2. The molecule has 174 valence electrons. The number of hydrogen-bond donors (Lipinski definition) is 2. The van der Waals surface area contributed by atoms with Crippen molar-refractivity contribution in [1.29, 1.82) is 0 Å². The molecule has 7 nitrogen and oxygen atoms in total. The molecule has 0 aromatic heterocycles. The predicted molar refractivity (Wildman–Crippen MR) is 107 cm³/mol. The first-order chi connectivity index (χ1) is 14.6. The van der Waals surface area contributed by atoms with Gasteiger partial charge in [0.2, 0.25) is 5.91 Å². The SMILES string of the molecule is CN(C)C(=O)CN1CCC(NC(=O)Nc2cccc(COCC(F)(F)C(F)F)c2)CC1. The van der Waals surface area contributed by atoms with Crippen LogP contribution in [0.4, 0.5) is 28.0 Å². The van der Waals surface area contributed by atoms with E-state index in [4.69, 9.17) is 0 Å². The number of likely N-dealkylation sites (N-methyl/N-ethyl adjacent to an activating group) is 1. The number of alkyl halides is 4. The van der Waals surface area contributed by atoms with Crippen LogP contribution in [0.25, 0.3) is 0 Å². The molecule has 1 aromatic carbocycles. The molecule has 0 aliphatic carbocycles. The van der Waals surface area contributed by atoms with Gasteiger partial charge in [0.1, 0.15) is 6.61 Å². The number of hydrogen-bond acceptors (Lipinski definition) is 4. The number of nitrogens with zero attached hydrogens (tertiary/aromatic N) is 2. The Morgan fingerprint density at radius 2 is 1.94 bits per heavy atom. The molecule has 3 amide bonds. The molecule has 0 atom stereocenters.